The number of nitrogens with zero attached hydrogens (tertiary/aromatic N) is 1. The lowest BCUT2D eigenvalue weighted by Crippen LogP contribution is -2.53. The van der Waals surface area contributed by atoms with Crippen molar-refractivity contribution in [3.63, 3.8) is 0 Å². The second-order valence-corrected chi connectivity index (χ2v) is 12.1. The smallest absolute Gasteiger partial charge is 0.424 e. The van der Waals surface area contributed by atoms with Crippen molar-refractivity contribution in [1.82, 2.24) is 15.0 Å². The quantitative estimate of drug-likeness (QED) is 0.427. The van der Waals surface area contributed by atoms with Gasteiger partial charge in [-0.25, -0.2) is 31.7 Å². The molecule has 0 aliphatic carbocycles. The van der Waals surface area contributed by atoms with Crippen molar-refractivity contribution < 1.29 is 45.0 Å². The van der Waals surface area contributed by atoms with Crippen LogP contribution in [0, 0.1) is 18.6 Å². The SMILES string of the molecule is Cc1ccc(-c2nc(C(O)(CNC(=O)OC(C)(C)C)C(F)(F)F)c(F)c(C(C)(C)NS(C)(=O)=O)c2F)cc1. The van der Waals surface area contributed by atoms with Gasteiger partial charge in [-0.3, -0.25) is 0 Å². The number of pyridine rings is 1. The number of nitrogens with one attached hydrogen (secondary N) is 2. The summed E-state index contributed by atoms with van der Waals surface area (Å²) in [6.07, 6.45) is -6.28. The Morgan fingerprint density at radius 3 is 2.00 bits per heavy atom. The van der Waals surface area contributed by atoms with Crippen LogP contribution in [0.4, 0.5) is 26.7 Å². The van der Waals surface area contributed by atoms with Crippen molar-refractivity contribution >= 4 is 16.1 Å². The topological polar surface area (TPSA) is 118 Å². The van der Waals surface area contributed by atoms with E-state index in [1.807, 2.05) is 4.72 Å². The Morgan fingerprint density at radius 1 is 1.03 bits per heavy atom. The zero-order chi connectivity index (χ0) is 29.5. The van der Waals surface area contributed by atoms with Gasteiger partial charge in [0.25, 0.3) is 0 Å². The molecule has 0 aliphatic rings. The number of carbonyl (C=O) groups is 1. The van der Waals surface area contributed by atoms with E-state index in [1.54, 1.807) is 12.2 Å². The molecule has 1 amide bonds. The number of hydrogen-bond donors (Lipinski definition) is 3. The molecule has 0 radical (unpaired) electrons. The molecule has 1 unspecified atom stereocenters. The Bertz CT molecular complexity index is 1310. The third-order valence-corrected chi connectivity index (χ3v) is 6.10. The molecule has 212 valence electrons. The minimum atomic E-state index is -5.64. The number of halogens is 5. The largest absolute Gasteiger partial charge is 0.444 e. The van der Waals surface area contributed by atoms with Crippen LogP contribution in [0.2, 0.25) is 0 Å². The second-order valence-electron chi connectivity index (χ2n) is 10.4. The lowest BCUT2D eigenvalue weighted by Gasteiger charge is -2.34. The molecule has 0 saturated heterocycles. The molecule has 0 aliphatic heterocycles. The summed E-state index contributed by atoms with van der Waals surface area (Å²) < 4.78 is 105. The maximum atomic E-state index is 15.8. The number of carbonyl (C=O) groups excluding carboxylic acids is 1. The minimum Gasteiger partial charge on any atom is -0.444 e. The van der Waals surface area contributed by atoms with Gasteiger partial charge in [0.1, 0.15) is 17.0 Å². The van der Waals surface area contributed by atoms with E-state index in [1.165, 1.54) is 45.0 Å². The van der Waals surface area contributed by atoms with Crippen molar-refractivity contribution in [2.75, 3.05) is 12.8 Å². The molecule has 0 bridgehead atoms. The molecular weight excluding hydrogens is 537 g/mol. The van der Waals surface area contributed by atoms with Gasteiger partial charge < -0.3 is 15.2 Å². The Hall–Kier alpha value is -2.84. The average Bonchev–Trinajstić information content (AvgIpc) is 2.69. The fourth-order valence-corrected chi connectivity index (χ4v) is 4.64. The van der Waals surface area contributed by atoms with Crippen LogP contribution in [0.3, 0.4) is 0 Å². The van der Waals surface area contributed by atoms with E-state index in [9.17, 15) is 31.5 Å². The van der Waals surface area contributed by atoms with E-state index in [-0.39, 0.29) is 5.56 Å². The molecule has 1 heterocycles. The van der Waals surface area contributed by atoms with Gasteiger partial charge >= 0.3 is 12.3 Å². The summed E-state index contributed by atoms with van der Waals surface area (Å²) >= 11 is 0. The van der Waals surface area contributed by atoms with Crippen LogP contribution in [0.1, 0.15) is 51.4 Å². The minimum absolute atomic E-state index is 0.0737. The first kappa shape index (κ1) is 31.4. The fourth-order valence-electron chi connectivity index (χ4n) is 3.62. The van der Waals surface area contributed by atoms with Crippen LogP contribution in [-0.4, -0.2) is 49.2 Å². The van der Waals surface area contributed by atoms with Gasteiger partial charge in [-0.05, 0) is 41.5 Å². The van der Waals surface area contributed by atoms with E-state index in [0.717, 1.165) is 13.8 Å². The van der Waals surface area contributed by atoms with Crippen LogP contribution >= 0.6 is 0 Å². The van der Waals surface area contributed by atoms with Gasteiger partial charge in [-0.2, -0.15) is 13.2 Å². The number of benzene rings is 1. The number of hydrogen-bond acceptors (Lipinski definition) is 6. The van der Waals surface area contributed by atoms with E-state index in [4.69, 9.17) is 4.74 Å². The number of alkyl carbamates (subject to hydrolysis) is 1. The number of ether oxygens (including phenoxy) is 1. The van der Waals surface area contributed by atoms with Crippen LogP contribution in [0.25, 0.3) is 11.3 Å². The third-order valence-electron chi connectivity index (χ3n) is 5.22. The number of aromatic nitrogens is 1. The molecule has 3 N–H and O–H groups in total. The van der Waals surface area contributed by atoms with Crippen LogP contribution in [0.5, 0.6) is 0 Å². The van der Waals surface area contributed by atoms with E-state index < -0.39 is 74.2 Å². The van der Waals surface area contributed by atoms with Gasteiger partial charge in [0.2, 0.25) is 15.6 Å². The third kappa shape index (κ3) is 7.17. The highest BCUT2D eigenvalue weighted by molar-refractivity contribution is 7.88. The Labute approximate surface area is 217 Å². The highest BCUT2D eigenvalue weighted by Crippen LogP contribution is 2.43. The molecule has 8 nitrogen and oxygen atoms in total. The number of aliphatic hydroxyl groups is 1. The summed E-state index contributed by atoms with van der Waals surface area (Å²) in [6, 6.07) is 5.63. The normalized spacial score (nSPS) is 14.7. The molecule has 1 aromatic carbocycles. The molecule has 0 fully saturated rings. The standard InChI is InChI=1S/C24H30F5N3O5S/c1-13-8-10-14(11-9-13)18-16(25)15(22(5,6)32-38(7,35)36)17(26)19(31-18)23(34,24(27,28)29)12-30-20(33)37-21(2,3)4/h8-11,32,34H,12H2,1-7H3,(H,30,33). The first-order valence-electron chi connectivity index (χ1n) is 11.2. The lowest BCUT2D eigenvalue weighted by molar-refractivity contribution is -0.266. The Kier molecular flexibility index (Phi) is 8.57. The molecule has 1 atom stereocenters. The first-order valence-corrected chi connectivity index (χ1v) is 13.1. The summed E-state index contributed by atoms with van der Waals surface area (Å²) in [6.45, 7) is 6.45. The summed E-state index contributed by atoms with van der Waals surface area (Å²) in [5.41, 5.74) is -10.3. The fraction of sp³-hybridized carbons (Fsp3) is 0.500. The predicted molar refractivity (Wildman–Crippen MR) is 130 cm³/mol. The molecule has 0 spiro atoms. The van der Waals surface area contributed by atoms with Crippen molar-refractivity contribution in [1.29, 1.82) is 0 Å². The average molecular weight is 568 g/mol. The van der Waals surface area contributed by atoms with Gasteiger partial charge in [-0.15, -0.1) is 0 Å². The molecule has 38 heavy (non-hydrogen) atoms. The van der Waals surface area contributed by atoms with E-state index in [0.29, 0.717) is 11.8 Å². The molecular formula is C24H30F5N3O5S. The number of alkyl halides is 3. The van der Waals surface area contributed by atoms with Crippen molar-refractivity contribution in [2.24, 2.45) is 0 Å². The molecule has 1 aromatic heterocycles. The lowest BCUT2D eigenvalue weighted by atomic mass is 9.88. The van der Waals surface area contributed by atoms with Gasteiger partial charge in [0, 0.05) is 11.1 Å². The molecule has 2 aromatic rings. The zero-order valence-electron chi connectivity index (χ0n) is 21.8. The predicted octanol–water partition coefficient (Wildman–Crippen LogP) is 4.39. The van der Waals surface area contributed by atoms with Crippen molar-refractivity contribution in [3.8, 4) is 11.3 Å². The Balaban J connectivity index is 2.88. The monoisotopic (exact) mass is 567 g/mol. The number of aryl methyl sites for hydroxylation is 1. The maximum Gasteiger partial charge on any atom is 0.424 e. The highest BCUT2D eigenvalue weighted by Gasteiger charge is 2.59. The Morgan fingerprint density at radius 2 is 1.55 bits per heavy atom. The van der Waals surface area contributed by atoms with Crippen LogP contribution in [-0.2, 0) is 25.9 Å². The van der Waals surface area contributed by atoms with Crippen molar-refractivity contribution in [3.05, 3.63) is 52.7 Å². The number of amides is 1. The van der Waals surface area contributed by atoms with E-state index in [2.05, 4.69) is 4.98 Å². The molecule has 2 rings (SSSR count). The van der Waals surface area contributed by atoms with E-state index >= 15 is 8.78 Å². The second kappa shape index (κ2) is 10.4. The number of sulfonamides is 1. The van der Waals surface area contributed by atoms with Gasteiger partial charge in [0.15, 0.2) is 11.6 Å². The van der Waals surface area contributed by atoms with Gasteiger partial charge in [0.05, 0.1) is 18.3 Å². The summed E-state index contributed by atoms with van der Waals surface area (Å²) in [7, 11) is -4.12. The highest BCUT2D eigenvalue weighted by atomic mass is 32.2. The molecule has 0 saturated carbocycles. The number of rotatable bonds is 7. The van der Waals surface area contributed by atoms with Crippen LogP contribution in [0.15, 0.2) is 24.3 Å². The maximum absolute atomic E-state index is 15.8. The van der Waals surface area contributed by atoms with Crippen molar-refractivity contribution in [2.45, 2.75) is 64.5 Å². The summed E-state index contributed by atoms with van der Waals surface area (Å²) in [5.74, 6) is -3.40. The molecule has 14 heteroatoms. The van der Waals surface area contributed by atoms with Gasteiger partial charge in [-0.1, -0.05) is 29.8 Å². The zero-order valence-corrected chi connectivity index (χ0v) is 22.7. The van der Waals surface area contributed by atoms with Crippen LogP contribution < -0.4 is 10.0 Å². The summed E-state index contributed by atoms with van der Waals surface area (Å²) in [5, 5.41) is 12.6. The first-order chi connectivity index (χ1) is 17.0. The summed E-state index contributed by atoms with van der Waals surface area (Å²) in [4.78, 5) is 15.6.